The molecule has 20 nitrogen and oxygen atoms in total. The van der Waals surface area contributed by atoms with E-state index in [-0.39, 0.29) is 122 Å². The maximum Gasteiger partial charge on any atom is 0.373 e. The molecule has 4 saturated carbocycles. The number of esters is 7. The van der Waals surface area contributed by atoms with Gasteiger partial charge in [-0.05, 0) is 48.3 Å². The number of carbonyl (C=O) groups is 7. The Morgan fingerprint density at radius 3 is 1.40 bits per heavy atom. The standard InChI is InChI=1S/C24H32O9.C21H28O7.2CO2/c1-12(2)24(17-11-16-20(24)14(4)33-21(16)13(17)3)23(28)32-8-7-31-22(27)15(9-18(25)29-5)10-19(26)30-6;1-11(2)21(15-10-14-18(21)13(4)28-19(14)12(15)3)20(24)27-9-8-26-17(23)7-6-16(22)25-5;2*2-1-3/h9,12-13,16-17,20-21H,4,7-8,10-11H2,1-3,5-6H3;6-7,11-12,14-15,18-19H,4,8-10H2,1-3,5H3;;/b15-9+;7-6+;;. The smallest absolute Gasteiger partial charge is 0.373 e. The Bertz CT molecular complexity index is 2020. The summed E-state index contributed by atoms with van der Waals surface area (Å²) >= 11 is 0. The van der Waals surface area contributed by atoms with E-state index in [9.17, 15) is 33.6 Å². The number of hydrogen-bond donors (Lipinski definition) is 0. The molecule has 4 aliphatic carbocycles. The van der Waals surface area contributed by atoms with Crippen LogP contribution in [0, 0.1) is 70.0 Å². The average Bonchev–Trinajstić information content (AvgIpc) is 4.11. The van der Waals surface area contributed by atoms with Gasteiger partial charge in [0.25, 0.3) is 0 Å². The zero-order valence-electron chi connectivity index (χ0n) is 39.2. The molecular weight excluding hydrogens is 884 g/mol. The Kier molecular flexibility index (Phi) is 19.6. The molecule has 12 atom stereocenters. The molecule has 20 heteroatoms. The zero-order valence-corrected chi connectivity index (χ0v) is 39.2. The van der Waals surface area contributed by atoms with E-state index in [0.29, 0.717) is 17.4 Å². The number of methoxy groups -OCH3 is 3. The normalized spacial score (nSPS) is 30.7. The van der Waals surface area contributed by atoms with Gasteiger partial charge in [0.05, 0.1) is 55.7 Å². The van der Waals surface area contributed by atoms with Gasteiger partial charge in [0, 0.05) is 41.9 Å². The second kappa shape index (κ2) is 23.9. The largest absolute Gasteiger partial charge is 0.494 e. The van der Waals surface area contributed by atoms with E-state index in [1.54, 1.807) is 0 Å². The summed E-state index contributed by atoms with van der Waals surface area (Å²) in [5.74, 6) is -1.56. The third-order valence-corrected chi connectivity index (χ3v) is 14.2. The van der Waals surface area contributed by atoms with Crippen molar-refractivity contribution in [1.82, 2.24) is 0 Å². The summed E-state index contributed by atoms with van der Waals surface area (Å²) < 4.78 is 46.7. The number of ether oxygens (including phenoxy) is 9. The van der Waals surface area contributed by atoms with E-state index in [1.807, 2.05) is 27.7 Å². The highest BCUT2D eigenvalue weighted by Crippen LogP contribution is 2.72. The quantitative estimate of drug-likeness (QED) is 0.0929. The Morgan fingerprint density at radius 1 is 0.627 bits per heavy atom. The first-order chi connectivity index (χ1) is 31.7. The van der Waals surface area contributed by atoms with Gasteiger partial charge in [0.2, 0.25) is 0 Å². The fourth-order valence-electron chi connectivity index (χ4n) is 11.9. The summed E-state index contributed by atoms with van der Waals surface area (Å²) in [4.78, 5) is 117. The van der Waals surface area contributed by atoms with Crippen LogP contribution in [0.2, 0.25) is 0 Å². The van der Waals surface area contributed by atoms with Crippen LogP contribution in [0.3, 0.4) is 0 Å². The summed E-state index contributed by atoms with van der Waals surface area (Å²) in [6.07, 6.45) is 5.00. The van der Waals surface area contributed by atoms with Gasteiger partial charge in [-0.3, -0.25) is 14.4 Å². The monoisotopic (exact) mass is 944 g/mol. The molecule has 67 heavy (non-hydrogen) atoms. The van der Waals surface area contributed by atoms with E-state index in [4.69, 9.17) is 47.6 Å². The number of fused-ring (bicyclic) bond motifs is 2. The van der Waals surface area contributed by atoms with Crippen LogP contribution in [-0.4, -0.2) is 114 Å². The molecule has 0 amide bonds. The fourth-order valence-corrected chi connectivity index (χ4v) is 11.9. The molecule has 368 valence electrons. The third kappa shape index (κ3) is 10.9. The molecule has 0 aromatic rings. The van der Waals surface area contributed by atoms with Gasteiger partial charge in [-0.25, -0.2) is 19.2 Å². The van der Waals surface area contributed by atoms with Crippen molar-refractivity contribution in [2.24, 2.45) is 70.0 Å². The van der Waals surface area contributed by atoms with Crippen LogP contribution in [0.25, 0.3) is 0 Å². The van der Waals surface area contributed by atoms with Gasteiger partial charge >= 0.3 is 54.1 Å². The molecule has 6 aliphatic rings. The van der Waals surface area contributed by atoms with E-state index < -0.39 is 47.1 Å². The lowest BCUT2D eigenvalue weighted by molar-refractivity contribution is -0.193. The van der Waals surface area contributed by atoms with Crippen molar-refractivity contribution in [3.63, 3.8) is 0 Å². The highest BCUT2D eigenvalue weighted by atomic mass is 16.6. The van der Waals surface area contributed by atoms with Crippen LogP contribution in [0.4, 0.5) is 0 Å². The van der Waals surface area contributed by atoms with Crippen LogP contribution >= 0.6 is 0 Å². The van der Waals surface area contributed by atoms with Crippen molar-refractivity contribution in [1.29, 1.82) is 0 Å². The van der Waals surface area contributed by atoms with E-state index >= 15 is 0 Å². The second-order valence-corrected chi connectivity index (χ2v) is 17.5. The van der Waals surface area contributed by atoms with Crippen molar-refractivity contribution in [3.05, 3.63) is 48.5 Å². The molecule has 0 aromatic carbocycles. The summed E-state index contributed by atoms with van der Waals surface area (Å²) in [6.45, 7) is 20.1. The number of rotatable bonds is 16. The van der Waals surface area contributed by atoms with E-state index in [1.165, 1.54) is 7.11 Å². The minimum Gasteiger partial charge on any atom is -0.494 e. The molecule has 2 heterocycles. The maximum atomic E-state index is 13.4. The summed E-state index contributed by atoms with van der Waals surface area (Å²) in [5.41, 5.74) is -1.59. The summed E-state index contributed by atoms with van der Waals surface area (Å²) in [6, 6.07) is 0. The van der Waals surface area contributed by atoms with Crippen molar-refractivity contribution in [2.75, 3.05) is 47.8 Å². The first-order valence-electron chi connectivity index (χ1n) is 21.7. The molecule has 6 fully saturated rings. The van der Waals surface area contributed by atoms with Crippen LogP contribution < -0.4 is 0 Å². The lowest BCUT2D eigenvalue weighted by atomic mass is 9.57. The number of carbonyl (C=O) groups excluding carboxylic acids is 11. The first kappa shape index (κ1) is 54.9. The minimum absolute atomic E-state index is 0.0169. The molecule has 6 rings (SSSR count). The average molecular weight is 945 g/mol. The van der Waals surface area contributed by atoms with Crippen LogP contribution in [0.15, 0.2) is 48.5 Å². The predicted molar refractivity (Wildman–Crippen MR) is 223 cm³/mol. The van der Waals surface area contributed by atoms with Crippen molar-refractivity contribution >= 4 is 54.1 Å². The van der Waals surface area contributed by atoms with Gasteiger partial charge in [-0.1, -0.05) is 54.7 Å². The van der Waals surface area contributed by atoms with Crippen LogP contribution in [-0.2, 0) is 95.4 Å². The van der Waals surface area contributed by atoms with E-state index in [2.05, 4.69) is 41.2 Å². The maximum absolute atomic E-state index is 13.4. The topological polar surface area (TPSA) is 271 Å². The zero-order chi connectivity index (χ0) is 50.6. The van der Waals surface area contributed by atoms with Gasteiger partial charge in [-0.15, -0.1) is 0 Å². The molecule has 4 bridgehead atoms. The Hall–Kier alpha value is -6.39. The molecular formula is C47H60O20. The minimum atomic E-state index is -0.894. The van der Waals surface area contributed by atoms with Crippen molar-refractivity contribution in [2.45, 2.75) is 73.0 Å². The van der Waals surface area contributed by atoms with Crippen LogP contribution in [0.1, 0.15) is 60.8 Å². The predicted octanol–water partition coefficient (Wildman–Crippen LogP) is 3.28. The molecule has 0 radical (unpaired) electrons. The van der Waals surface area contributed by atoms with Gasteiger partial charge < -0.3 is 42.6 Å². The van der Waals surface area contributed by atoms with Gasteiger partial charge in [0.1, 0.15) is 38.6 Å². The second-order valence-electron chi connectivity index (χ2n) is 17.5. The van der Waals surface area contributed by atoms with Crippen LogP contribution in [0.5, 0.6) is 0 Å². The number of hydrogen-bond acceptors (Lipinski definition) is 20. The lowest BCUT2D eigenvalue weighted by Gasteiger charge is -2.44. The molecule has 12 unspecified atom stereocenters. The highest BCUT2D eigenvalue weighted by molar-refractivity contribution is 5.99. The van der Waals surface area contributed by atoms with Crippen molar-refractivity contribution < 1.29 is 95.4 Å². The molecule has 2 saturated heterocycles. The molecule has 0 spiro atoms. The Morgan fingerprint density at radius 2 is 1.01 bits per heavy atom. The Balaban J connectivity index is 0.000000321. The summed E-state index contributed by atoms with van der Waals surface area (Å²) in [5, 5.41) is 0. The lowest BCUT2D eigenvalue weighted by Crippen LogP contribution is -2.51. The van der Waals surface area contributed by atoms with Gasteiger partial charge in [-0.2, -0.15) is 19.2 Å². The van der Waals surface area contributed by atoms with Crippen molar-refractivity contribution in [3.8, 4) is 0 Å². The first-order valence-corrected chi connectivity index (χ1v) is 21.7. The van der Waals surface area contributed by atoms with E-state index in [0.717, 1.165) is 45.3 Å². The number of allylic oxidation sites excluding steroid dienone is 2. The SMILES string of the molecule is C=C1OC2C(C)C3CC2C1C3(C(=O)OCCOC(=O)/C(=C/C(=O)OC)CC(=O)OC)C(C)C.C=C1OC2C(C)C3CC2C1C3(C(=O)OCCOC(=O)/C=C/C(=O)OC)C(C)C.O=C=O.O=C=O. The Labute approximate surface area is 388 Å². The highest BCUT2D eigenvalue weighted by Gasteiger charge is 2.75. The molecule has 0 aromatic heterocycles. The third-order valence-electron chi connectivity index (χ3n) is 14.2. The summed E-state index contributed by atoms with van der Waals surface area (Å²) in [7, 11) is 3.52. The fraction of sp³-hybridized carbons (Fsp3) is 0.638. The molecule has 2 aliphatic heterocycles. The molecule has 0 N–H and O–H groups in total. The van der Waals surface area contributed by atoms with Gasteiger partial charge in [0.15, 0.2) is 0 Å².